The van der Waals surface area contributed by atoms with E-state index in [-0.39, 0.29) is 11.4 Å². The first-order valence-corrected chi connectivity index (χ1v) is 9.07. The Balaban J connectivity index is 1.84. The lowest BCUT2D eigenvalue weighted by Gasteiger charge is -2.18. The fraction of sp³-hybridized carbons (Fsp3) is 0.136. The minimum atomic E-state index is -4.60. The molecule has 2 aromatic carbocycles. The summed E-state index contributed by atoms with van der Waals surface area (Å²) in [6, 6.07) is 15.7. The van der Waals surface area contributed by atoms with Gasteiger partial charge < -0.3 is 9.15 Å². The van der Waals surface area contributed by atoms with E-state index in [0.717, 1.165) is 23.2 Å². The van der Waals surface area contributed by atoms with Gasteiger partial charge in [-0.1, -0.05) is 36.4 Å². The summed E-state index contributed by atoms with van der Waals surface area (Å²) in [7, 11) is 0. The van der Waals surface area contributed by atoms with E-state index in [4.69, 9.17) is 9.15 Å². The molecule has 3 rings (SSSR count). The van der Waals surface area contributed by atoms with E-state index in [2.05, 4.69) is 5.10 Å². The quantitative estimate of drug-likeness (QED) is 0.319. The Kier molecular flexibility index (Phi) is 6.54. The molecule has 0 unspecified atom stereocenters. The molecular weight excluding hydrogens is 413 g/mol. The largest absolute Gasteiger partial charge is 0.454 e. The SMILES string of the molecule is Cc1ccc(C(=O)OCC(=O)N(N=Cc2ccccc2)c2cccc(C(F)(F)F)c2)o1. The van der Waals surface area contributed by atoms with E-state index >= 15 is 0 Å². The third-order valence-corrected chi connectivity index (χ3v) is 4.04. The standard InChI is InChI=1S/C22H17F3N2O4/c1-15-10-11-19(31-15)21(29)30-14-20(28)27(26-13-16-6-3-2-4-7-16)18-9-5-8-17(12-18)22(23,24)25/h2-13H,14H2,1H3. The number of alkyl halides is 3. The first-order chi connectivity index (χ1) is 14.7. The van der Waals surface area contributed by atoms with Crippen LogP contribution in [0, 0.1) is 6.92 Å². The first kappa shape index (κ1) is 21.8. The van der Waals surface area contributed by atoms with Gasteiger partial charge in [0.2, 0.25) is 5.76 Å². The number of amides is 1. The maximum absolute atomic E-state index is 13.1. The van der Waals surface area contributed by atoms with E-state index in [1.165, 1.54) is 18.3 Å². The number of aryl methyl sites for hydroxylation is 1. The molecule has 6 nitrogen and oxygen atoms in total. The number of nitrogens with zero attached hydrogens (tertiary/aromatic N) is 2. The number of benzene rings is 2. The summed E-state index contributed by atoms with van der Waals surface area (Å²) in [5, 5.41) is 4.77. The second-order valence-corrected chi connectivity index (χ2v) is 6.40. The Morgan fingerprint density at radius 2 is 1.81 bits per heavy atom. The van der Waals surface area contributed by atoms with Crippen molar-refractivity contribution >= 4 is 23.8 Å². The molecule has 31 heavy (non-hydrogen) atoms. The number of hydrazone groups is 1. The van der Waals surface area contributed by atoms with Crippen LogP contribution in [-0.2, 0) is 15.7 Å². The molecule has 0 spiro atoms. The average Bonchev–Trinajstić information content (AvgIpc) is 3.19. The fourth-order valence-electron chi connectivity index (χ4n) is 2.56. The van der Waals surface area contributed by atoms with Gasteiger partial charge in [0.1, 0.15) is 5.76 Å². The zero-order chi connectivity index (χ0) is 22.4. The van der Waals surface area contributed by atoms with Crippen molar-refractivity contribution in [3.05, 3.63) is 89.4 Å². The molecule has 1 amide bonds. The van der Waals surface area contributed by atoms with Gasteiger partial charge in [-0.3, -0.25) is 4.79 Å². The normalized spacial score (nSPS) is 11.5. The number of anilines is 1. The van der Waals surface area contributed by atoms with Gasteiger partial charge in [0.05, 0.1) is 17.5 Å². The Hall–Kier alpha value is -3.88. The van der Waals surface area contributed by atoms with Crippen LogP contribution in [0.1, 0.15) is 27.4 Å². The van der Waals surface area contributed by atoms with E-state index in [0.29, 0.717) is 11.3 Å². The second-order valence-electron chi connectivity index (χ2n) is 6.40. The van der Waals surface area contributed by atoms with Gasteiger partial charge in [-0.05, 0) is 42.8 Å². The summed E-state index contributed by atoms with van der Waals surface area (Å²) >= 11 is 0. The molecule has 0 saturated heterocycles. The van der Waals surface area contributed by atoms with Crippen molar-refractivity contribution < 1.29 is 31.9 Å². The monoisotopic (exact) mass is 430 g/mol. The molecule has 0 fully saturated rings. The molecule has 0 aliphatic heterocycles. The zero-order valence-corrected chi connectivity index (χ0v) is 16.3. The maximum Gasteiger partial charge on any atom is 0.416 e. The van der Waals surface area contributed by atoms with Crippen molar-refractivity contribution in [3.63, 3.8) is 0 Å². The van der Waals surface area contributed by atoms with Crippen molar-refractivity contribution in [1.29, 1.82) is 0 Å². The fourth-order valence-corrected chi connectivity index (χ4v) is 2.56. The maximum atomic E-state index is 13.1. The predicted octanol–water partition coefficient (Wildman–Crippen LogP) is 4.83. The molecule has 3 aromatic rings. The Bertz CT molecular complexity index is 1090. The number of halogens is 3. The van der Waals surface area contributed by atoms with Gasteiger partial charge in [0.25, 0.3) is 5.91 Å². The van der Waals surface area contributed by atoms with Crippen molar-refractivity contribution in [1.82, 2.24) is 0 Å². The third-order valence-electron chi connectivity index (χ3n) is 4.04. The number of carbonyl (C=O) groups is 2. The molecule has 0 N–H and O–H groups in total. The molecule has 0 bridgehead atoms. The highest BCUT2D eigenvalue weighted by molar-refractivity contribution is 5.97. The van der Waals surface area contributed by atoms with Crippen molar-refractivity contribution in [2.24, 2.45) is 5.10 Å². The second kappa shape index (κ2) is 9.29. The molecule has 160 valence electrons. The Morgan fingerprint density at radius 1 is 1.06 bits per heavy atom. The van der Waals surface area contributed by atoms with E-state index in [1.54, 1.807) is 43.3 Å². The lowest BCUT2D eigenvalue weighted by molar-refractivity contribution is -0.137. The summed E-state index contributed by atoms with van der Waals surface area (Å²) in [6.45, 7) is 0.885. The zero-order valence-electron chi connectivity index (χ0n) is 16.3. The number of esters is 1. The van der Waals surface area contributed by atoms with Gasteiger partial charge >= 0.3 is 12.1 Å². The highest BCUT2D eigenvalue weighted by Gasteiger charge is 2.31. The number of rotatable bonds is 6. The molecule has 1 heterocycles. The first-order valence-electron chi connectivity index (χ1n) is 9.07. The number of ether oxygens (including phenoxy) is 1. The summed E-state index contributed by atoms with van der Waals surface area (Å²) in [6.07, 6.45) is -3.28. The molecule has 9 heteroatoms. The minimum Gasteiger partial charge on any atom is -0.454 e. The van der Waals surface area contributed by atoms with Gasteiger partial charge in [-0.25, -0.2) is 4.79 Å². The van der Waals surface area contributed by atoms with E-state index in [1.807, 2.05) is 0 Å². The third kappa shape index (κ3) is 5.81. The summed E-state index contributed by atoms with van der Waals surface area (Å²) in [5.74, 6) is -1.33. The summed E-state index contributed by atoms with van der Waals surface area (Å²) in [4.78, 5) is 24.7. The minimum absolute atomic E-state index is 0.0938. The van der Waals surface area contributed by atoms with Crippen LogP contribution in [0.3, 0.4) is 0 Å². The molecule has 0 saturated carbocycles. The number of hydrogen-bond donors (Lipinski definition) is 0. The van der Waals surface area contributed by atoms with Crippen LogP contribution >= 0.6 is 0 Å². The Labute approximate surface area is 175 Å². The molecule has 0 aliphatic rings. The van der Waals surface area contributed by atoms with Crippen LogP contribution in [-0.4, -0.2) is 24.7 Å². The van der Waals surface area contributed by atoms with E-state index < -0.39 is 30.2 Å². The average molecular weight is 430 g/mol. The Morgan fingerprint density at radius 3 is 2.45 bits per heavy atom. The number of furan rings is 1. The van der Waals surface area contributed by atoms with Gasteiger partial charge in [0, 0.05) is 0 Å². The number of carbonyl (C=O) groups excluding carboxylic acids is 2. The van der Waals surface area contributed by atoms with Gasteiger partial charge in [-0.2, -0.15) is 23.3 Å². The number of hydrogen-bond acceptors (Lipinski definition) is 5. The van der Waals surface area contributed by atoms with Crippen LogP contribution in [0.4, 0.5) is 18.9 Å². The molecule has 1 aromatic heterocycles. The molecule has 0 radical (unpaired) electrons. The summed E-state index contributed by atoms with van der Waals surface area (Å²) in [5.41, 5.74) is -0.451. The van der Waals surface area contributed by atoms with Crippen LogP contribution in [0.5, 0.6) is 0 Å². The smallest absolute Gasteiger partial charge is 0.416 e. The van der Waals surface area contributed by atoms with Crippen molar-refractivity contribution in [3.8, 4) is 0 Å². The molecular formula is C22H17F3N2O4. The highest BCUT2D eigenvalue weighted by atomic mass is 19.4. The van der Waals surface area contributed by atoms with Crippen LogP contribution in [0.15, 0.2) is 76.2 Å². The van der Waals surface area contributed by atoms with Crippen molar-refractivity contribution in [2.75, 3.05) is 11.6 Å². The molecule has 0 aliphatic carbocycles. The van der Waals surface area contributed by atoms with Crippen LogP contribution < -0.4 is 5.01 Å². The van der Waals surface area contributed by atoms with E-state index in [9.17, 15) is 22.8 Å². The van der Waals surface area contributed by atoms with Gasteiger partial charge in [0.15, 0.2) is 6.61 Å². The van der Waals surface area contributed by atoms with Crippen LogP contribution in [0.25, 0.3) is 0 Å². The topological polar surface area (TPSA) is 72.1 Å². The predicted molar refractivity (Wildman–Crippen MR) is 107 cm³/mol. The lowest BCUT2D eigenvalue weighted by Crippen LogP contribution is -2.31. The molecule has 0 atom stereocenters. The van der Waals surface area contributed by atoms with Crippen molar-refractivity contribution in [2.45, 2.75) is 13.1 Å². The lowest BCUT2D eigenvalue weighted by atomic mass is 10.2. The van der Waals surface area contributed by atoms with Gasteiger partial charge in [-0.15, -0.1) is 0 Å². The van der Waals surface area contributed by atoms with Crippen LogP contribution in [0.2, 0.25) is 0 Å². The summed E-state index contributed by atoms with van der Waals surface area (Å²) < 4.78 is 49.4. The highest BCUT2D eigenvalue weighted by Crippen LogP contribution is 2.31.